The van der Waals surface area contributed by atoms with Crippen LogP contribution in [-0.2, 0) is 4.79 Å². The molecule has 0 aliphatic heterocycles. The van der Waals surface area contributed by atoms with Crippen molar-refractivity contribution in [1.82, 2.24) is 10.6 Å². The highest BCUT2D eigenvalue weighted by Gasteiger charge is 2.30. The number of hydrogen-bond donors (Lipinski definition) is 3. The second-order valence-electron chi connectivity index (χ2n) is 6.86. The molecular formula is C16H28N2O3. The molecule has 2 unspecified atom stereocenters. The molecule has 2 amide bonds. The summed E-state index contributed by atoms with van der Waals surface area (Å²) in [6, 6.07) is -0.128. The van der Waals surface area contributed by atoms with Gasteiger partial charge in [0.2, 0.25) is 0 Å². The molecule has 0 heterocycles. The molecule has 0 aromatic rings. The van der Waals surface area contributed by atoms with E-state index in [2.05, 4.69) is 17.6 Å². The van der Waals surface area contributed by atoms with E-state index >= 15 is 0 Å². The molecule has 0 spiro atoms. The molecule has 0 radical (unpaired) electrons. The highest BCUT2D eigenvalue weighted by molar-refractivity contribution is 5.75. The van der Waals surface area contributed by atoms with Crippen LogP contribution in [0.4, 0.5) is 4.79 Å². The van der Waals surface area contributed by atoms with Gasteiger partial charge in [0.1, 0.15) is 0 Å². The third-order valence-electron chi connectivity index (χ3n) is 5.09. The van der Waals surface area contributed by atoms with Gasteiger partial charge in [-0.05, 0) is 37.5 Å². The Morgan fingerprint density at radius 2 is 1.81 bits per heavy atom. The molecule has 2 fully saturated rings. The average Bonchev–Trinajstić information content (AvgIpc) is 2.90. The monoisotopic (exact) mass is 296 g/mol. The lowest BCUT2D eigenvalue weighted by Gasteiger charge is -2.26. The quantitative estimate of drug-likeness (QED) is 0.730. The highest BCUT2D eigenvalue weighted by Crippen LogP contribution is 2.30. The molecule has 2 atom stereocenters. The van der Waals surface area contributed by atoms with Crippen molar-refractivity contribution >= 4 is 12.0 Å². The molecule has 0 saturated heterocycles. The molecule has 2 saturated carbocycles. The third kappa shape index (κ3) is 5.21. The van der Waals surface area contributed by atoms with Gasteiger partial charge in [-0.25, -0.2) is 4.79 Å². The second kappa shape index (κ2) is 7.66. The van der Waals surface area contributed by atoms with Gasteiger partial charge in [0, 0.05) is 12.6 Å². The number of aliphatic carboxylic acids is 1. The molecule has 0 bridgehead atoms. The van der Waals surface area contributed by atoms with E-state index in [1.54, 1.807) is 0 Å². The van der Waals surface area contributed by atoms with Crippen LogP contribution in [0.3, 0.4) is 0 Å². The van der Waals surface area contributed by atoms with Crippen LogP contribution in [0, 0.1) is 17.8 Å². The molecule has 3 N–H and O–H groups in total. The Kier molecular flexibility index (Phi) is 5.88. The Morgan fingerprint density at radius 3 is 2.43 bits per heavy atom. The first kappa shape index (κ1) is 16.1. The number of carbonyl (C=O) groups is 2. The topological polar surface area (TPSA) is 78.4 Å². The molecule has 2 rings (SSSR count). The standard InChI is InChI=1S/C16H28N2O3/c1-11-2-4-12(5-3-11)8-9-17-16(21)18-14-7-6-13(10-14)15(19)20/h11-14H,2-10H2,1H3,(H,19,20)(H2,17,18,21). The summed E-state index contributed by atoms with van der Waals surface area (Å²) in [5, 5.41) is 14.8. The van der Waals surface area contributed by atoms with Gasteiger partial charge in [0.05, 0.1) is 5.92 Å². The molecule has 120 valence electrons. The second-order valence-corrected chi connectivity index (χ2v) is 6.86. The Hall–Kier alpha value is -1.26. The normalized spacial score (nSPS) is 32.6. The van der Waals surface area contributed by atoms with Crippen LogP contribution in [0.5, 0.6) is 0 Å². The summed E-state index contributed by atoms with van der Waals surface area (Å²) in [6.45, 7) is 3.04. The molecule has 0 aromatic carbocycles. The van der Waals surface area contributed by atoms with E-state index in [9.17, 15) is 9.59 Å². The average molecular weight is 296 g/mol. The van der Waals surface area contributed by atoms with E-state index in [1.165, 1.54) is 25.7 Å². The Balaban J connectivity index is 1.57. The molecule has 5 heteroatoms. The maximum Gasteiger partial charge on any atom is 0.315 e. The van der Waals surface area contributed by atoms with Crippen LogP contribution >= 0.6 is 0 Å². The number of amides is 2. The fraction of sp³-hybridized carbons (Fsp3) is 0.875. The van der Waals surface area contributed by atoms with E-state index in [-0.39, 0.29) is 18.0 Å². The molecule has 5 nitrogen and oxygen atoms in total. The van der Waals surface area contributed by atoms with Gasteiger partial charge in [-0.1, -0.05) is 32.6 Å². The lowest BCUT2D eigenvalue weighted by Crippen LogP contribution is -2.41. The fourth-order valence-corrected chi connectivity index (χ4v) is 3.58. The lowest BCUT2D eigenvalue weighted by molar-refractivity contribution is -0.141. The molecule has 21 heavy (non-hydrogen) atoms. The first-order valence-electron chi connectivity index (χ1n) is 8.31. The van der Waals surface area contributed by atoms with Gasteiger partial charge < -0.3 is 15.7 Å². The van der Waals surface area contributed by atoms with Crippen LogP contribution < -0.4 is 10.6 Å². The zero-order valence-corrected chi connectivity index (χ0v) is 12.9. The van der Waals surface area contributed by atoms with Crippen LogP contribution in [0.2, 0.25) is 0 Å². The Labute approximate surface area is 126 Å². The van der Waals surface area contributed by atoms with Crippen molar-refractivity contribution in [2.45, 2.75) is 64.3 Å². The third-order valence-corrected chi connectivity index (χ3v) is 5.09. The number of carboxylic acids is 1. The number of urea groups is 1. The Morgan fingerprint density at radius 1 is 1.10 bits per heavy atom. The van der Waals surface area contributed by atoms with E-state index in [4.69, 9.17) is 5.11 Å². The predicted molar refractivity (Wildman–Crippen MR) is 81.0 cm³/mol. The minimum atomic E-state index is -0.744. The molecule has 2 aliphatic carbocycles. The van der Waals surface area contributed by atoms with Crippen molar-refractivity contribution in [3.05, 3.63) is 0 Å². The summed E-state index contributed by atoms with van der Waals surface area (Å²) in [4.78, 5) is 22.7. The van der Waals surface area contributed by atoms with Crippen LogP contribution in [0.15, 0.2) is 0 Å². The maximum absolute atomic E-state index is 11.8. The Bertz CT molecular complexity index is 365. The van der Waals surface area contributed by atoms with Crippen molar-refractivity contribution in [1.29, 1.82) is 0 Å². The minimum absolute atomic E-state index is 0.0154. The van der Waals surface area contributed by atoms with Crippen LogP contribution in [0.1, 0.15) is 58.3 Å². The highest BCUT2D eigenvalue weighted by atomic mass is 16.4. The van der Waals surface area contributed by atoms with Crippen LogP contribution in [-0.4, -0.2) is 29.7 Å². The lowest BCUT2D eigenvalue weighted by atomic mass is 9.81. The summed E-state index contributed by atoms with van der Waals surface area (Å²) >= 11 is 0. The summed E-state index contributed by atoms with van der Waals surface area (Å²) < 4.78 is 0. The summed E-state index contributed by atoms with van der Waals surface area (Å²) in [5.74, 6) is 0.581. The van der Waals surface area contributed by atoms with Gasteiger partial charge >= 0.3 is 12.0 Å². The van der Waals surface area contributed by atoms with Crippen molar-refractivity contribution in [2.24, 2.45) is 17.8 Å². The smallest absolute Gasteiger partial charge is 0.315 e. The summed E-state index contributed by atoms with van der Waals surface area (Å²) in [7, 11) is 0. The van der Waals surface area contributed by atoms with Gasteiger partial charge in [0.15, 0.2) is 0 Å². The largest absolute Gasteiger partial charge is 0.481 e. The van der Waals surface area contributed by atoms with Gasteiger partial charge in [-0.3, -0.25) is 4.79 Å². The van der Waals surface area contributed by atoms with Gasteiger partial charge in [-0.15, -0.1) is 0 Å². The van der Waals surface area contributed by atoms with E-state index in [1.807, 2.05) is 0 Å². The zero-order chi connectivity index (χ0) is 15.2. The number of carboxylic acid groups (broad SMARTS) is 1. The number of rotatable bonds is 5. The molecule has 0 aromatic heterocycles. The van der Waals surface area contributed by atoms with Crippen molar-refractivity contribution in [3.63, 3.8) is 0 Å². The van der Waals surface area contributed by atoms with Crippen molar-refractivity contribution in [2.75, 3.05) is 6.54 Å². The predicted octanol–water partition coefficient (Wildman–Crippen LogP) is 2.76. The van der Waals surface area contributed by atoms with Crippen molar-refractivity contribution in [3.8, 4) is 0 Å². The SMILES string of the molecule is CC1CCC(CCNC(=O)NC2CCC(C(=O)O)C2)CC1. The first-order valence-corrected chi connectivity index (χ1v) is 8.31. The summed E-state index contributed by atoms with van der Waals surface area (Å²) in [5.41, 5.74) is 0. The summed E-state index contributed by atoms with van der Waals surface area (Å²) in [6.07, 6.45) is 8.25. The fourth-order valence-electron chi connectivity index (χ4n) is 3.58. The van der Waals surface area contributed by atoms with Gasteiger partial charge in [0.25, 0.3) is 0 Å². The molecular weight excluding hydrogens is 268 g/mol. The number of hydrogen-bond acceptors (Lipinski definition) is 2. The van der Waals surface area contributed by atoms with E-state index < -0.39 is 5.97 Å². The zero-order valence-electron chi connectivity index (χ0n) is 12.9. The van der Waals surface area contributed by atoms with Crippen LogP contribution in [0.25, 0.3) is 0 Å². The van der Waals surface area contributed by atoms with E-state index in [0.29, 0.717) is 12.8 Å². The number of nitrogens with one attached hydrogen (secondary N) is 2. The van der Waals surface area contributed by atoms with E-state index in [0.717, 1.165) is 31.2 Å². The molecule has 2 aliphatic rings. The maximum atomic E-state index is 11.8. The number of carbonyl (C=O) groups excluding carboxylic acids is 1. The van der Waals surface area contributed by atoms with Gasteiger partial charge in [-0.2, -0.15) is 0 Å². The van der Waals surface area contributed by atoms with Crippen molar-refractivity contribution < 1.29 is 14.7 Å². The first-order chi connectivity index (χ1) is 10.0. The minimum Gasteiger partial charge on any atom is -0.481 e.